The molecular formula is C15H18FNO5. The van der Waals surface area contributed by atoms with Crippen LogP contribution in [0.15, 0.2) is 24.3 Å². The molecule has 7 heteroatoms. The SMILES string of the molecule is C[C@@H](Oc1cccc(F)c1)C(=O)N1CCO[C@@H](CC(=O)O)C1. The van der Waals surface area contributed by atoms with Crippen LogP contribution in [0.25, 0.3) is 0 Å². The largest absolute Gasteiger partial charge is 0.481 e. The number of carboxylic acid groups (broad SMARTS) is 1. The number of morpholine rings is 1. The number of carbonyl (C=O) groups is 2. The monoisotopic (exact) mass is 311 g/mol. The number of hydrogen-bond donors (Lipinski definition) is 1. The van der Waals surface area contributed by atoms with Crippen molar-refractivity contribution in [3.8, 4) is 5.75 Å². The van der Waals surface area contributed by atoms with Crippen LogP contribution in [-0.4, -0.2) is 53.8 Å². The van der Waals surface area contributed by atoms with Gasteiger partial charge in [0.2, 0.25) is 0 Å². The van der Waals surface area contributed by atoms with E-state index in [1.165, 1.54) is 23.1 Å². The van der Waals surface area contributed by atoms with Gasteiger partial charge in [-0.25, -0.2) is 4.39 Å². The van der Waals surface area contributed by atoms with E-state index in [2.05, 4.69) is 0 Å². The normalized spacial score (nSPS) is 19.5. The van der Waals surface area contributed by atoms with Gasteiger partial charge in [0, 0.05) is 19.2 Å². The molecule has 0 spiro atoms. The van der Waals surface area contributed by atoms with Crippen molar-refractivity contribution in [2.24, 2.45) is 0 Å². The molecule has 1 aliphatic heterocycles. The molecule has 2 atom stereocenters. The minimum Gasteiger partial charge on any atom is -0.481 e. The smallest absolute Gasteiger partial charge is 0.306 e. The van der Waals surface area contributed by atoms with Crippen LogP contribution in [0.3, 0.4) is 0 Å². The van der Waals surface area contributed by atoms with E-state index in [1.54, 1.807) is 13.0 Å². The third kappa shape index (κ3) is 4.42. The second-order valence-electron chi connectivity index (χ2n) is 5.09. The fourth-order valence-corrected chi connectivity index (χ4v) is 2.29. The van der Waals surface area contributed by atoms with E-state index < -0.39 is 24.0 Å². The van der Waals surface area contributed by atoms with Crippen molar-refractivity contribution >= 4 is 11.9 Å². The Balaban J connectivity index is 1.93. The molecule has 0 saturated carbocycles. The third-order valence-electron chi connectivity index (χ3n) is 3.31. The Morgan fingerprint density at radius 2 is 2.32 bits per heavy atom. The Kier molecular flexibility index (Phi) is 5.32. The molecule has 1 saturated heterocycles. The first-order valence-electron chi connectivity index (χ1n) is 7.00. The Hall–Kier alpha value is -2.15. The molecule has 1 aromatic carbocycles. The van der Waals surface area contributed by atoms with E-state index in [1.807, 2.05) is 0 Å². The second kappa shape index (κ2) is 7.22. The minimum absolute atomic E-state index is 0.150. The number of hydrogen-bond acceptors (Lipinski definition) is 4. The predicted molar refractivity (Wildman–Crippen MR) is 75.1 cm³/mol. The lowest BCUT2D eigenvalue weighted by Gasteiger charge is -2.33. The highest BCUT2D eigenvalue weighted by molar-refractivity contribution is 5.81. The summed E-state index contributed by atoms with van der Waals surface area (Å²) in [5, 5.41) is 8.78. The molecule has 1 N–H and O–H groups in total. The van der Waals surface area contributed by atoms with Gasteiger partial charge in [-0.05, 0) is 19.1 Å². The number of ether oxygens (including phenoxy) is 2. The summed E-state index contributed by atoms with van der Waals surface area (Å²) in [6, 6.07) is 5.56. The van der Waals surface area contributed by atoms with Crippen molar-refractivity contribution in [2.75, 3.05) is 19.7 Å². The Morgan fingerprint density at radius 3 is 3.00 bits per heavy atom. The third-order valence-corrected chi connectivity index (χ3v) is 3.31. The zero-order valence-electron chi connectivity index (χ0n) is 12.2. The van der Waals surface area contributed by atoms with Crippen LogP contribution in [0.5, 0.6) is 5.75 Å². The average molecular weight is 311 g/mol. The van der Waals surface area contributed by atoms with E-state index in [-0.39, 0.29) is 31.2 Å². The maximum Gasteiger partial charge on any atom is 0.306 e. The van der Waals surface area contributed by atoms with Gasteiger partial charge in [-0.2, -0.15) is 0 Å². The number of rotatable bonds is 5. The van der Waals surface area contributed by atoms with E-state index in [9.17, 15) is 14.0 Å². The molecule has 6 nitrogen and oxygen atoms in total. The topological polar surface area (TPSA) is 76.1 Å². The molecular weight excluding hydrogens is 293 g/mol. The number of nitrogens with zero attached hydrogens (tertiary/aromatic N) is 1. The molecule has 22 heavy (non-hydrogen) atoms. The van der Waals surface area contributed by atoms with Crippen molar-refractivity contribution in [3.05, 3.63) is 30.1 Å². The van der Waals surface area contributed by atoms with Crippen LogP contribution in [-0.2, 0) is 14.3 Å². The predicted octanol–water partition coefficient (Wildman–Crippen LogP) is 1.30. The van der Waals surface area contributed by atoms with E-state index >= 15 is 0 Å². The first-order valence-corrected chi connectivity index (χ1v) is 7.00. The maximum absolute atomic E-state index is 13.1. The summed E-state index contributed by atoms with van der Waals surface area (Å²) in [5.74, 6) is -1.41. The van der Waals surface area contributed by atoms with Gasteiger partial charge < -0.3 is 19.5 Å². The zero-order chi connectivity index (χ0) is 16.1. The van der Waals surface area contributed by atoms with E-state index in [0.29, 0.717) is 6.54 Å². The van der Waals surface area contributed by atoms with Gasteiger partial charge in [0.15, 0.2) is 6.10 Å². The molecule has 0 bridgehead atoms. The Labute approximate surface area is 127 Å². The highest BCUT2D eigenvalue weighted by Gasteiger charge is 2.29. The summed E-state index contributed by atoms with van der Waals surface area (Å²) in [7, 11) is 0. The van der Waals surface area contributed by atoms with Gasteiger partial charge >= 0.3 is 5.97 Å². The Morgan fingerprint density at radius 1 is 1.55 bits per heavy atom. The first kappa shape index (κ1) is 16.2. The summed E-state index contributed by atoms with van der Waals surface area (Å²) in [6.45, 7) is 2.46. The van der Waals surface area contributed by atoms with Crippen LogP contribution < -0.4 is 4.74 Å². The lowest BCUT2D eigenvalue weighted by molar-refractivity contribution is -0.151. The fourth-order valence-electron chi connectivity index (χ4n) is 2.29. The molecule has 120 valence electrons. The van der Waals surface area contributed by atoms with Gasteiger partial charge in [0.1, 0.15) is 11.6 Å². The van der Waals surface area contributed by atoms with Crippen molar-refractivity contribution in [2.45, 2.75) is 25.6 Å². The molecule has 1 heterocycles. The van der Waals surface area contributed by atoms with Crippen LogP contribution in [0, 0.1) is 5.82 Å². The standard InChI is InChI=1S/C15H18FNO5/c1-10(22-12-4-2-3-11(16)7-12)15(20)17-5-6-21-13(9-17)8-14(18)19/h2-4,7,10,13H,5-6,8-9H2,1H3,(H,18,19)/t10-,13+/m1/s1. The van der Waals surface area contributed by atoms with Gasteiger partial charge in [0.05, 0.1) is 19.1 Å². The molecule has 0 radical (unpaired) electrons. The summed E-state index contributed by atoms with van der Waals surface area (Å²) in [5.41, 5.74) is 0. The van der Waals surface area contributed by atoms with Crippen LogP contribution >= 0.6 is 0 Å². The number of benzene rings is 1. The van der Waals surface area contributed by atoms with Crippen molar-refractivity contribution in [1.82, 2.24) is 4.90 Å². The Bertz CT molecular complexity index is 550. The molecule has 1 fully saturated rings. The van der Waals surface area contributed by atoms with Crippen molar-refractivity contribution < 1.29 is 28.6 Å². The number of carboxylic acids is 1. The molecule has 0 aliphatic carbocycles. The maximum atomic E-state index is 13.1. The lowest BCUT2D eigenvalue weighted by Crippen LogP contribution is -2.50. The molecule has 0 unspecified atom stereocenters. The van der Waals surface area contributed by atoms with Crippen LogP contribution in [0.4, 0.5) is 4.39 Å². The molecule has 1 amide bonds. The highest BCUT2D eigenvalue weighted by Crippen LogP contribution is 2.16. The molecule has 1 aliphatic rings. The first-order chi connectivity index (χ1) is 10.5. The van der Waals surface area contributed by atoms with E-state index in [0.717, 1.165) is 0 Å². The summed E-state index contributed by atoms with van der Waals surface area (Å²) >= 11 is 0. The number of halogens is 1. The summed E-state index contributed by atoms with van der Waals surface area (Å²) < 4.78 is 23.9. The second-order valence-corrected chi connectivity index (χ2v) is 5.09. The van der Waals surface area contributed by atoms with Crippen molar-refractivity contribution in [1.29, 1.82) is 0 Å². The average Bonchev–Trinajstić information content (AvgIpc) is 2.46. The molecule has 1 aromatic rings. The van der Waals surface area contributed by atoms with Gasteiger partial charge in [0.25, 0.3) is 5.91 Å². The minimum atomic E-state index is -0.969. The zero-order valence-corrected chi connectivity index (χ0v) is 12.2. The number of carbonyl (C=O) groups excluding carboxylic acids is 1. The van der Waals surface area contributed by atoms with Crippen LogP contribution in [0.2, 0.25) is 0 Å². The summed E-state index contributed by atoms with van der Waals surface area (Å²) in [4.78, 5) is 24.5. The fraction of sp³-hybridized carbons (Fsp3) is 0.467. The van der Waals surface area contributed by atoms with Gasteiger partial charge in [-0.15, -0.1) is 0 Å². The van der Waals surface area contributed by atoms with Crippen LogP contribution in [0.1, 0.15) is 13.3 Å². The van der Waals surface area contributed by atoms with E-state index in [4.69, 9.17) is 14.6 Å². The summed E-state index contributed by atoms with van der Waals surface area (Å²) in [6.07, 6.45) is -1.45. The van der Waals surface area contributed by atoms with Gasteiger partial charge in [-0.3, -0.25) is 9.59 Å². The lowest BCUT2D eigenvalue weighted by atomic mass is 10.2. The molecule has 0 aromatic heterocycles. The van der Waals surface area contributed by atoms with Crippen molar-refractivity contribution in [3.63, 3.8) is 0 Å². The number of aliphatic carboxylic acids is 1. The number of amides is 1. The van der Waals surface area contributed by atoms with Gasteiger partial charge in [-0.1, -0.05) is 6.07 Å². The highest BCUT2D eigenvalue weighted by atomic mass is 19.1. The quantitative estimate of drug-likeness (QED) is 0.887. The molecule has 2 rings (SSSR count).